The number of amides is 1. The third kappa shape index (κ3) is 3.51. The van der Waals surface area contributed by atoms with Gasteiger partial charge in [0.25, 0.3) is 5.91 Å². The summed E-state index contributed by atoms with van der Waals surface area (Å²) < 4.78 is 4.92. The van der Waals surface area contributed by atoms with Crippen LogP contribution in [0.5, 0.6) is 5.75 Å². The van der Waals surface area contributed by atoms with Gasteiger partial charge in [-0.2, -0.15) is 0 Å². The van der Waals surface area contributed by atoms with Gasteiger partial charge in [-0.05, 0) is 12.1 Å². The molecule has 2 N–H and O–H groups in total. The summed E-state index contributed by atoms with van der Waals surface area (Å²) in [5, 5.41) is 11.0. The summed E-state index contributed by atoms with van der Waals surface area (Å²) in [6, 6.07) is 2.70. The fraction of sp³-hybridized carbons (Fsp3) is 0.200. The van der Waals surface area contributed by atoms with Gasteiger partial charge in [-0.25, -0.2) is 0 Å². The Labute approximate surface area is 107 Å². The summed E-state index contributed by atoms with van der Waals surface area (Å²) in [5.74, 6) is -1.44. The van der Waals surface area contributed by atoms with E-state index in [2.05, 4.69) is 5.32 Å². The van der Waals surface area contributed by atoms with Gasteiger partial charge in [0.2, 0.25) is 0 Å². The van der Waals surface area contributed by atoms with Crippen molar-refractivity contribution < 1.29 is 19.4 Å². The van der Waals surface area contributed by atoms with Gasteiger partial charge in [0, 0.05) is 5.56 Å². The Kier molecular flexibility index (Phi) is 4.60. The van der Waals surface area contributed by atoms with Gasteiger partial charge >= 0.3 is 5.97 Å². The lowest BCUT2D eigenvalue weighted by atomic mass is 10.2. The lowest BCUT2D eigenvalue weighted by Crippen LogP contribution is -2.29. The van der Waals surface area contributed by atoms with Crippen molar-refractivity contribution in [3.63, 3.8) is 0 Å². The molecule has 1 rings (SSSR count). The summed E-state index contributed by atoms with van der Waals surface area (Å²) in [5.41, 5.74) is 0.169. The van der Waals surface area contributed by atoms with Crippen LogP contribution in [0.3, 0.4) is 0 Å². The first-order chi connectivity index (χ1) is 7.95. The maximum Gasteiger partial charge on any atom is 0.322 e. The fourth-order valence-corrected chi connectivity index (χ4v) is 1.79. The highest BCUT2D eigenvalue weighted by Crippen LogP contribution is 2.33. The van der Waals surface area contributed by atoms with Gasteiger partial charge < -0.3 is 15.2 Å². The van der Waals surface area contributed by atoms with Crippen LogP contribution in [0.25, 0.3) is 0 Å². The third-order valence-corrected chi connectivity index (χ3v) is 2.43. The Morgan fingerprint density at radius 1 is 1.35 bits per heavy atom. The van der Waals surface area contributed by atoms with Crippen molar-refractivity contribution in [1.29, 1.82) is 0 Å². The lowest BCUT2D eigenvalue weighted by Gasteiger charge is -2.08. The second kappa shape index (κ2) is 5.75. The van der Waals surface area contributed by atoms with Crippen molar-refractivity contribution in [3.05, 3.63) is 27.7 Å². The number of benzene rings is 1. The molecular formula is C10H9Cl2NO4. The van der Waals surface area contributed by atoms with Crippen molar-refractivity contribution >= 4 is 35.1 Å². The highest BCUT2D eigenvalue weighted by atomic mass is 35.5. The van der Waals surface area contributed by atoms with Crippen LogP contribution in [-0.2, 0) is 4.79 Å². The molecule has 0 saturated carbocycles. The fourth-order valence-electron chi connectivity index (χ4n) is 1.14. The van der Waals surface area contributed by atoms with Crippen molar-refractivity contribution in [2.45, 2.75) is 0 Å². The molecule has 0 heterocycles. The van der Waals surface area contributed by atoms with E-state index >= 15 is 0 Å². The van der Waals surface area contributed by atoms with E-state index in [1.54, 1.807) is 0 Å². The van der Waals surface area contributed by atoms with Crippen LogP contribution in [0, 0.1) is 0 Å². The van der Waals surface area contributed by atoms with E-state index in [-0.39, 0.29) is 21.4 Å². The first kappa shape index (κ1) is 13.6. The zero-order valence-corrected chi connectivity index (χ0v) is 10.3. The molecule has 0 spiro atoms. The zero-order valence-electron chi connectivity index (χ0n) is 8.79. The molecule has 0 aliphatic heterocycles. The van der Waals surface area contributed by atoms with Crippen molar-refractivity contribution in [2.24, 2.45) is 0 Å². The first-order valence-electron chi connectivity index (χ1n) is 4.48. The number of hydrogen-bond donors (Lipinski definition) is 2. The molecular weight excluding hydrogens is 269 g/mol. The summed E-state index contributed by atoms with van der Waals surface area (Å²) in [7, 11) is 1.40. The number of carbonyl (C=O) groups excluding carboxylic acids is 1. The normalized spacial score (nSPS) is 9.82. The minimum atomic E-state index is -1.14. The number of nitrogens with one attached hydrogen (secondary N) is 1. The smallest absolute Gasteiger partial charge is 0.322 e. The molecule has 0 bridgehead atoms. The molecule has 7 heteroatoms. The summed E-state index contributed by atoms with van der Waals surface area (Å²) in [4.78, 5) is 21.8. The molecule has 0 aliphatic rings. The van der Waals surface area contributed by atoms with Gasteiger partial charge in [-0.3, -0.25) is 9.59 Å². The number of rotatable bonds is 4. The Hall–Kier alpha value is -1.46. The second-order valence-corrected chi connectivity index (χ2v) is 3.86. The molecule has 1 amide bonds. The number of ether oxygens (including phenoxy) is 1. The van der Waals surface area contributed by atoms with Gasteiger partial charge in [0.05, 0.1) is 17.2 Å². The molecule has 0 atom stereocenters. The van der Waals surface area contributed by atoms with E-state index in [0.717, 1.165) is 0 Å². The number of carbonyl (C=O) groups is 2. The number of carboxylic acid groups (broad SMARTS) is 1. The number of methoxy groups -OCH3 is 1. The van der Waals surface area contributed by atoms with Gasteiger partial charge in [-0.15, -0.1) is 0 Å². The molecule has 0 fully saturated rings. The second-order valence-electron chi connectivity index (χ2n) is 3.05. The van der Waals surface area contributed by atoms with Crippen LogP contribution in [0.4, 0.5) is 0 Å². The summed E-state index contributed by atoms with van der Waals surface area (Å²) >= 11 is 11.7. The number of carboxylic acids is 1. The molecule has 0 saturated heterocycles. The van der Waals surface area contributed by atoms with Crippen molar-refractivity contribution in [1.82, 2.24) is 5.32 Å². The maximum absolute atomic E-state index is 11.5. The monoisotopic (exact) mass is 277 g/mol. The van der Waals surface area contributed by atoms with Gasteiger partial charge in [0.15, 0.2) is 5.75 Å². The molecule has 17 heavy (non-hydrogen) atoms. The van der Waals surface area contributed by atoms with Gasteiger partial charge in [-0.1, -0.05) is 23.2 Å². The first-order valence-corrected chi connectivity index (χ1v) is 5.24. The van der Waals surface area contributed by atoms with E-state index < -0.39 is 18.4 Å². The van der Waals surface area contributed by atoms with Crippen LogP contribution < -0.4 is 10.1 Å². The lowest BCUT2D eigenvalue weighted by molar-refractivity contribution is -0.135. The number of hydrogen-bond acceptors (Lipinski definition) is 3. The van der Waals surface area contributed by atoms with Crippen molar-refractivity contribution in [3.8, 4) is 5.75 Å². The molecule has 0 radical (unpaired) electrons. The zero-order chi connectivity index (χ0) is 13.0. The minimum absolute atomic E-state index is 0.169. The van der Waals surface area contributed by atoms with Crippen LogP contribution in [0.1, 0.15) is 10.4 Å². The van der Waals surface area contributed by atoms with E-state index in [9.17, 15) is 9.59 Å². The predicted octanol–water partition coefficient (Wildman–Crippen LogP) is 1.82. The van der Waals surface area contributed by atoms with E-state index in [4.69, 9.17) is 33.0 Å². The largest absolute Gasteiger partial charge is 0.494 e. The molecule has 0 unspecified atom stereocenters. The standard InChI is InChI=1S/C10H9Cl2NO4/c1-17-9-6(11)2-5(3-7(9)12)10(16)13-4-8(14)15/h2-3H,4H2,1H3,(H,13,16)(H,14,15). The van der Waals surface area contributed by atoms with Crippen LogP contribution in [0.2, 0.25) is 10.0 Å². The highest BCUT2D eigenvalue weighted by Gasteiger charge is 2.13. The van der Waals surface area contributed by atoms with Crippen LogP contribution >= 0.6 is 23.2 Å². The van der Waals surface area contributed by atoms with E-state index in [0.29, 0.717) is 0 Å². The molecule has 0 aromatic heterocycles. The Bertz CT molecular complexity index is 439. The topological polar surface area (TPSA) is 75.6 Å². The molecule has 5 nitrogen and oxygen atoms in total. The van der Waals surface area contributed by atoms with Crippen molar-refractivity contribution in [2.75, 3.05) is 13.7 Å². The SMILES string of the molecule is COc1c(Cl)cc(C(=O)NCC(=O)O)cc1Cl. The average molecular weight is 278 g/mol. The number of aliphatic carboxylic acids is 1. The third-order valence-electron chi connectivity index (χ3n) is 1.86. The Balaban J connectivity index is 2.92. The van der Waals surface area contributed by atoms with E-state index in [1.807, 2.05) is 0 Å². The molecule has 1 aromatic carbocycles. The average Bonchev–Trinajstić information content (AvgIpc) is 2.25. The summed E-state index contributed by atoms with van der Waals surface area (Å²) in [6.07, 6.45) is 0. The molecule has 0 aliphatic carbocycles. The Morgan fingerprint density at radius 2 is 1.88 bits per heavy atom. The highest BCUT2D eigenvalue weighted by molar-refractivity contribution is 6.37. The number of halogens is 2. The molecule has 1 aromatic rings. The molecule has 92 valence electrons. The summed E-state index contributed by atoms with van der Waals surface area (Å²) in [6.45, 7) is -0.472. The van der Waals surface area contributed by atoms with Crippen LogP contribution in [-0.4, -0.2) is 30.6 Å². The maximum atomic E-state index is 11.5. The van der Waals surface area contributed by atoms with Gasteiger partial charge in [0.1, 0.15) is 6.54 Å². The van der Waals surface area contributed by atoms with E-state index in [1.165, 1.54) is 19.2 Å². The quantitative estimate of drug-likeness (QED) is 0.880. The predicted molar refractivity (Wildman–Crippen MR) is 63.0 cm³/mol. The minimum Gasteiger partial charge on any atom is -0.494 e. The van der Waals surface area contributed by atoms with Crippen LogP contribution in [0.15, 0.2) is 12.1 Å². The Morgan fingerprint density at radius 3 is 2.29 bits per heavy atom.